The maximum Gasteiger partial charge on any atom is 0.325 e. The number of nitrogens with one attached hydrogen (secondary N) is 1. The molecule has 4 nitrogen and oxygen atoms in total. The van der Waals surface area contributed by atoms with Crippen molar-refractivity contribution in [3.8, 4) is 5.75 Å². The molecule has 0 amide bonds. The molecule has 2 rings (SSSR count). The van der Waals surface area contributed by atoms with Crippen LogP contribution in [0.25, 0.3) is 0 Å². The first-order valence-corrected chi connectivity index (χ1v) is 6.71. The van der Waals surface area contributed by atoms with Gasteiger partial charge in [-0.2, -0.15) is 0 Å². The number of hydrogen-bond donors (Lipinski definition) is 2. The van der Waals surface area contributed by atoms with Gasteiger partial charge in [-0.05, 0) is 29.1 Å². The predicted octanol–water partition coefficient (Wildman–Crippen LogP) is 2.67. The molecule has 0 aliphatic carbocycles. The molecule has 0 aliphatic rings. The van der Waals surface area contributed by atoms with Crippen LogP contribution < -0.4 is 10.1 Å². The summed E-state index contributed by atoms with van der Waals surface area (Å²) in [5.74, 6) is -0.244. The highest BCUT2D eigenvalue weighted by molar-refractivity contribution is 7.09. The lowest BCUT2D eigenvalue weighted by molar-refractivity contribution is -0.139. The first kappa shape index (κ1) is 13.6. The summed E-state index contributed by atoms with van der Waals surface area (Å²) >= 11 is 1.60. The van der Waals surface area contributed by atoms with Gasteiger partial charge in [-0.1, -0.05) is 18.2 Å². The van der Waals surface area contributed by atoms with Crippen molar-refractivity contribution in [2.45, 2.75) is 12.6 Å². The maximum absolute atomic E-state index is 11.4. The van der Waals surface area contributed by atoms with Gasteiger partial charge in [0.25, 0.3) is 0 Å². The van der Waals surface area contributed by atoms with Gasteiger partial charge in [-0.15, -0.1) is 11.3 Å². The fourth-order valence-electron chi connectivity index (χ4n) is 1.78. The Hall–Kier alpha value is -1.85. The molecule has 0 radical (unpaired) electrons. The van der Waals surface area contributed by atoms with Crippen molar-refractivity contribution in [2.75, 3.05) is 7.11 Å². The summed E-state index contributed by atoms with van der Waals surface area (Å²) in [6.07, 6.45) is 0. The molecule has 0 saturated carbocycles. The first-order chi connectivity index (χ1) is 9.20. The Morgan fingerprint density at radius 1 is 1.42 bits per heavy atom. The molecular weight excluding hydrogens is 262 g/mol. The van der Waals surface area contributed by atoms with Crippen LogP contribution in [0.2, 0.25) is 0 Å². The van der Waals surface area contributed by atoms with Gasteiger partial charge in [-0.3, -0.25) is 10.1 Å². The topological polar surface area (TPSA) is 58.6 Å². The van der Waals surface area contributed by atoms with E-state index in [0.717, 1.165) is 4.88 Å². The Labute approximate surface area is 115 Å². The average Bonchev–Trinajstić information content (AvgIpc) is 2.92. The van der Waals surface area contributed by atoms with E-state index in [1.807, 2.05) is 17.5 Å². The molecule has 2 aromatic rings. The van der Waals surface area contributed by atoms with E-state index >= 15 is 0 Å². The number of aliphatic carboxylic acids is 1. The standard InChI is InChI=1S/C14H15NO3S/c1-18-11-5-2-4-10(8-11)13(14(16)17)15-9-12-6-3-7-19-12/h2-8,13,15H,9H2,1H3,(H,16,17). The van der Waals surface area contributed by atoms with Crippen LogP contribution in [-0.4, -0.2) is 18.2 Å². The number of ether oxygens (including phenoxy) is 1. The molecule has 1 atom stereocenters. The van der Waals surface area contributed by atoms with E-state index in [1.165, 1.54) is 0 Å². The van der Waals surface area contributed by atoms with Crippen molar-refractivity contribution < 1.29 is 14.6 Å². The van der Waals surface area contributed by atoms with Gasteiger partial charge in [0, 0.05) is 11.4 Å². The zero-order valence-electron chi connectivity index (χ0n) is 10.5. The van der Waals surface area contributed by atoms with Crippen molar-refractivity contribution >= 4 is 17.3 Å². The molecule has 1 aromatic heterocycles. The van der Waals surface area contributed by atoms with E-state index < -0.39 is 12.0 Å². The predicted molar refractivity (Wildman–Crippen MR) is 74.5 cm³/mol. The first-order valence-electron chi connectivity index (χ1n) is 5.83. The molecule has 5 heteroatoms. The summed E-state index contributed by atoms with van der Waals surface area (Å²) in [5.41, 5.74) is 0.684. The molecule has 19 heavy (non-hydrogen) atoms. The number of carbonyl (C=O) groups is 1. The molecule has 1 aromatic carbocycles. The summed E-state index contributed by atoms with van der Waals surface area (Å²) < 4.78 is 5.12. The van der Waals surface area contributed by atoms with Crippen LogP contribution in [0.3, 0.4) is 0 Å². The van der Waals surface area contributed by atoms with Crippen LogP contribution in [0.5, 0.6) is 5.75 Å². The molecule has 2 N–H and O–H groups in total. The average molecular weight is 277 g/mol. The van der Waals surface area contributed by atoms with Gasteiger partial charge in [0.05, 0.1) is 7.11 Å². The van der Waals surface area contributed by atoms with E-state index in [9.17, 15) is 9.90 Å². The number of rotatable bonds is 6. The van der Waals surface area contributed by atoms with Crippen LogP contribution in [-0.2, 0) is 11.3 Å². The summed E-state index contributed by atoms with van der Waals surface area (Å²) in [7, 11) is 1.56. The molecule has 0 fully saturated rings. The van der Waals surface area contributed by atoms with E-state index in [2.05, 4.69) is 5.32 Å². The molecule has 1 unspecified atom stereocenters. The van der Waals surface area contributed by atoms with Crippen LogP contribution in [0.4, 0.5) is 0 Å². The molecule has 0 saturated heterocycles. The largest absolute Gasteiger partial charge is 0.497 e. The second-order valence-corrected chi connectivity index (χ2v) is 5.04. The van der Waals surface area contributed by atoms with Crippen LogP contribution in [0.15, 0.2) is 41.8 Å². The number of thiophene rings is 1. The Balaban J connectivity index is 2.12. The Morgan fingerprint density at radius 2 is 2.26 bits per heavy atom. The van der Waals surface area contributed by atoms with Gasteiger partial charge < -0.3 is 9.84 Å². The zero-order valence-corrected chi connectivity index (χ0v) is 11.3. The lowest BCUT2D eigenvalue weighted by Crippen LogP contribution is -2.27. The third kappa shape index (κ3) is 3.56. The second-order valence-electron chi connectivity index (χ2n) is 4.01. The summed E-state index contributed by atoms with van der Waals surface area (Å²) in [4.78, 5) is 12.5. The van der Waals surface area contributed by atoms with Crippen molar-refractivity contribution in [1.29, 1.82) is 0 Å². The Bertz CT molecular complexity index is 539. The van der Waals surface area contributed by atoms with Gasteiger partial charge in [0.15, 0.2) is 0 Å². The lowest BCUT2D eigenvalue weighted by atomic mass is 10.1. The van der Waals surface area contributed by atoms with Gasteiger partial charge in [0.1, 0.15) is 11.8 Å². The van der Waals surface area contributed by atoms with Crippen LogP contribution in [0.1, 0.15) is 16.5 Å². The molecule has 100 valence electrons. The molecule has 0 bridgehead atoms. The molecular formula is C14H15NO3S. The molecule has 1 heterocycles. The molecule has 0 spiro atoms. The lowest BCUT2D eigenvalue weighted by Gasteiger charge is -2.15. The van der Waals surface area contributed by atoms with E-state index in [4.69, 9.17) is 4.74 Å². The van der Waals surface area contributed by atoms with Gasteiger partial charge in [0.2, 0.25) is 0 Å². The van der Waals surface area contributed by atoms with Crippen LogP contribution in [0, 0.1) is 0 Å². The number of carboxylic acids is 1. The fraction of sp³-hybridized carbons (Fsp3) is 0.214. The third-order valence-electron chi connectivity index (χ3n) is 2.73. The molecule has 0 aliphatic heterocycles. The Kier molecular flexibility index (Phi) is 4.54. The van der Waals surface area contributed by atoms with Crippen LogP contribution >= 0.6 is 11.3 Å². The number of hydrogen-bond acceptors (Lipinski definition) is 4. The third-order valence-corrected chi connectivity index (χ3v) is 3.61. The van der Waals surface area contributed by atoms with Crippen molar-refractivity contribution in [1.82, 2.24) is 5.32 Å². The minimum atomic E-state index is -0.898. The maximum atomic E-state index is 11.4. The van der Waals surface area contributed by atoms with E-state index in [-0.39, 0.29) is 0 Å². The fourth-order valence-corrected chi connectivity index (χ4v) is 2.44. The van der Waals surface area contributed by atoms with Crippen molar-refractivity contribution in [3.05, 3.63) is 52.2 Å². The number of benzene rings is 1. The van der Waals surface area contributed by atoms with Crippen molar-refractivity contribution in [3.63, 3.8) is 0 Å². The van der Waals surface area contributed by atoms with Gasteiger partial charge >= 0.3 is 5.97 Å². The minimum absolute atomic E-state index is 0.534. The highest BCUT2D eigenvalue weighted by Crippen LogP contribution is 2.20. The normalized spacial score (nSPS) is 12.1. The smallest absolute Gasteiger partial charge is 0.325 e. The Morgan fingerprint density at radius 3 is 2.89 bits per heavy atom. The zero-order chi connectivity index (χ0) is 13.7. The van der Waals surface area contributed by atoms with E-state index in [1.54, 1.807) is 42.7 Å². The van der Waals surface area contributed by atoms with Gasteiger partial charge in [-0.25, -0.2) is 0 Å². The summed E-state index contributed by atoms with van der Waals surface area (Å²) in [5, 5.41) is 14.3. The quantitative estimate of drug-likeness (QED) is 0.852. The number of methoxy groups -OCH3 is 1. The summed E-state index contributed by atoms with van der Waals surface area (Å²) in [6, 6.07) is 10.3. The number of carboxylic acid groups (broad SMARTS) is 1. The summed E-state index contributed by atoms with van der Waals surface area (Å²) in [6.45, 7) is 0.534. The highest BCUT2D eigenvalue weighted by Gasteiger charge is 2.19. The minimum Gasteiger partial charge on any atom is -0.497 e. The highest BCUT2D eigenvalue weighted by atomic mass is 32.1. The second kappa shape index (κ2) is 6.36. The van der Waals surface area contributed by atoms with Crippen molar-refractivity contribution in [2.24, 2.45) is 0 Å². The SMILES string of the molecule is COc1cccc(C(NCc2cccs2)C(=O)O)c1. The monoisotopic (exact) mass is 277 g/mol. The van der Waals surface area contributed by atoms with E-state index in [0.29, 0.717) is 17.9 Å².